The van der Waals surface area contributed by atoms with Crippen LogP contribution in [0.15, 0.2) is 9.90 Å². The first-order valence-corrected chi connectivity index (χ1v) is 6.23. The monoisotopic (exact) mass is 267 g/mol. The van der Waals surface area contributed by atoms with Gasteiger partial charge in [-0.3, -0.25) is 10.1 Å². The Morgan fingerprint density at radius 1 is 1.56 bits per heavy atom. The van der Waals surface area contributed by atoms with Gasteiger partial charge in [-0.25, -0.2) is 4.98 Å². The average Bonchev–Trinajstić information content (AvgIpc) is 2.89. The van der Waals surface area contributed by atoms with E-state index in [0.717, 1.165) is 10.7 Å². The van der Waals surface area contributed by atoms with Gasteiger partial charge < -0.3 is 10.3 Å². The molecule has 0 atom stereocenters. The molecule has 2 aromatic rings. The number of aryl methyl sites for hydroxylation is 1. The maximum absolute atomic E-state index is 10.5. The molecule has 96 valence electrons. The molecular formula is C10H13N5O2S. The topological polar surface area (TPSA) is 107 Å². The van der Waals surface area contributed by atoms with E-state index in [4.69, 9.17) is 10.3 Å². The molecule has 0 fully saturated rings. The Hall–Kier alpha value is -1.80. The fourth-order valence-corrected chi connectivity index (χ4v) is 2.11. The van der Waals surface area contributed by atoms with Crippen molar-refractivity contribution in [3.8, 4) is 0 Å². The molecule has 0 aromatic carbocycles. The van der Waals surface area contributed by atoms with E-state index in [1.807, 2.05) is 12.3 Å². The molecule has 3 N–H and O–H groups in total. The highest BCUT2D eigenvalue weighted by Gasteiger charge is 2.09. The van der Waals surface area contributed by atoms with Crippen molar-refractivity contribution in [3.63, 3.8) is 0 Å². The summed E-state index contributed by atoms with van der Waals surface area (Å²) in [5, 5.41) is 9.57. The number of hydrogen-bond donors (Lipinski definition) is 2. The number of primary amides is 1. The summed E-state index contributed by atoms with van der Waals surface area (Å²) < 4.78 is 5.03. The van der Waals surface area contributed by atoms with Gasteiger partial charge in [-0.2, -0.15) is 4.98 Å². The molecule has 8 heteroatoms. The van der Waals surface area contributed by atoms with E-state index in [2.05, 4.69) is 20.4 Å². The molecule has 2 heterocycles. The van der Waals surface area contributed by atoms with Crippen LogP contribution in [0, 0.1) is 6.92 Å². The Morgan fingerprint density at radius 3 is 3.06 bits per heavy atom. The van der Waals surface area contributed by atoms with E-state index >= 15 is 0 Å². The molecule has 2 rings (SSSR count). The molecule has 0 aliphatic carbocycles. The molecule has 7 nitrogen and oxygen atoms in total. The lowest BCUT2D eigenvalue weighted by molar-refractivity contribution is -0.117. The van der Waals surface area contributed by atoms with Crippen LogP contribution in [0.5, 0.6) is 0 Å². The number of carbonyl (C=O) groups excluding carboxylic acids is 1. The maximum atomic E-state index is 10.5. The third-order valence-corrected chi connectivity index (χ3v) is 3.03. The Balaban J connectivity index is 1.88. The van der Waals surface area contributed by atoms with Gasteiger partial charge in [0.25, 0.3) is 0 Å². The zero-order chi connectivity index (χ0) is 13.0. The van der Waals surface area contributed by atoms with Gasteiger partial charge in [0, 0.05) is 11.1 Å². The summed E-state index contributed by atoms with van der Waals surface area (Å²) in [6.45, 7) is 2.35. The van der Waals surface area contributed by atoms with E-state index in [1.54, 1.807) is 11.3 Å². The Bertz CT molecular complexity index is 536. The maximum Gasteiger partial charge on any atom is 0.240 e. The van der Waals surface area contributed by atoms with Crippen molar-refractivity contribution in [2.75, 3.05) is 6.54 Å². The number of amides is 1. The number of rotatable bonds is 6. The highest BCUT2D eigenvalue weighted by Crippen LogP contribution is 2.12. The van der Waals surface area contributed by atoms with Crippen LogP contribution in [0.4, 0.5) is 0 Å². The SMILES string of the molecule is Cc1csc(Cc2noc(CNCC(N)=O)n2)n1. The molecule has 1 amide bonds. The van der Waals surface area contributed by atoms with Crippen LogP contribution in [0.25, 0.3) is 0 Å². The summed E-state index contributed by atoms with van der Waals surface area (Å²) in [5.41, 5.74) is 5.98. The molecule has 2 aromatic heterocycles. The van der Waals surface area contributed by atoms with E-state index in [-0.39, 0.29) is 6.54 Å². The van der Waals surface area contributed by atoms with Crippen LogP contribution in [-0.4, -0.2) is 27.6 Å². The molecule has 0 bridgehead atoms. The third-order valence-electron chi connectivity index (χ3n) is 2.06. The number of nitrogens with one attached hydrogen (secondary N) is 1. The van der Waals surface area contributed by atoms with Gasteiger partial charge in [0.1, 0.15) is 5.01 Å². The van der Waals surface area contributed by atoms with Crippen molar-refractivity contribution >= 4 is 17.2 Å². The predicted molar refractivity (Wildman–Crippen MR) is 64.9 cm³/mol. The van der Waals surface area contributed by atoms with E-state index in [0.29, 0.717) is 24.7 Å². The van der Waals surface area contributed by atoms with E-state index < -0.39 is 5.91 Å². The summed E-state index contributed by atoms with van der Waals surface area (Å²) in [6.07, 6.45) is 0.553. The second-order valence-corrected chi connectivity index (χ2v) is 4.68. The highest BCUT2D eigenvalue weighted by molar-refractivity contribution is 7.09. The zero-order valence-corrected chi connectivity index (χ0v) is 10.7. The van der Waals surface area contributed by atoms with Gasteiger partial charge in [0.2, 0.25) is 11.8 Å². The van der Waals surface area contributed by atoms with Crippen LogP contribution in [0.1, 0.15) is 22.4 Å². The second-order valence-electron chi connectivity index (χ2n) is 3.73. The smallest absolute Gasteiger partial charge is 0.240 e. The van der Waals surface area contributed by atoms with Crippen molar-refractivity contribution in [1.82, 2.24) is 20.4 Å². The van der Waals surface area contributed by atoms with Crippen molar-refractivity contribution in [2.45, 2.75) is 19.9 Å². The number of aromatic nitrogens is 3. The average molecular weight is 267 g/mol. The Kier molecular flexibility index (Phi) is 4.00. The minimum absolute atomic E-state index is 0.0867. The minimum Gasteiger partial charge on any atom is -0.369 e. The zero-order valence-electron chi connectivity index (χ0n) is 9.84. The van der Waals surface area contributed by atoms with Gasteiger partial charge >= 0.3 is 0 Å². The quantitative estimate of drug-likeness (QED) is 0.763. The summed E-state index contributed by atoms with van der Waals surface area (Å²) >= 11 is 1.57. The molecule has 0 radical (unpaired) electrons. The second kappa shape index (κ2) is 5.69. The van der Waals surface area contributed by atoms with Crippen LogP contribution in [0.2, 0.25) is 0 Å². The van der Waals surface area contributed by atoms with Crippen molar-refractivity contribution in [1.29, 1.82) is 0 Å². The van der Waals surface area contributed by atoms with E-state index in [9.17, 15) is 4.79 Å². The molecule has 0 unspecified atom stereocenters. The normalized spacial score (nSPS) is 10.7. The van der Waals surface area contributed by atoms with Crippen molar-refractivity contribution < 1.29 is 9.32 Å². The molecule has 0 saturated carbocycles. The summed E-state index contributed by atoms with van der Waals surface area (Å²) in [5.74, 6) is 0.591. The third kappa shape index (κ3) is 3.60. The van der Waals surface area contributed by atoms with Crippen molar-refractivity contribution in [2.24, 2.45) is 5.73 Å². The number of thiazole rings is 1. The molecular weight excluding hydrogens is 254 g/mol. The Morgan fingerprint density at radius 2 is 2.39 bits per heavy atom. The number of nitrogens with two attached hydrogens (primary N) is 1. The fraction of sp³-hybridized carbons (Fsp3) is 0.400. The number of carbonyl (C=O) groups is 1. The van der Waals surface area contributed by atoms with Crippen LogP contribution in [0.3, 0.4) is 0 Å². The largest absolute Gasteiger partial charge is 0.369 e. The first kappa shape index (κ1) is 12.7. The van der Waals surface area contributed by atoms with Gasteiger partial charge in [-0.15, -0.1) is 11.3 Å². The molecule has 18 heavy (non-hydrogen) atoms. The lowest BCUT2D eigenvalue weighted by atomic mass is 10.4. The molecule has 0 spiro atoms. The molecule has 0 aliphatic heterocycles. The lowest BCUT2D eigenvalue weighted by Gasteiger charge is -1.95. The first-order chi connectivity index (χ1) is 8.63. The van der Waals surface area contributed by atoms with Gasteiger partial charge in [0.05, 0.1) is 19.5 Å². The number of nitrogens with zero attached hydrogens (tertiary/aromatic N) is 3. The summed E-state index contributed by atoms with van der Waals surface area (Å²) in [7, 11) is 0. The predicted octanol–water partition coefficient (Wildman–Crippen LogP) is 0.000220. The van der Waals surface area contributed by atoms with Gasteiger partial charge in [-0.1, -0.05) is 5.16 Å². The molecule has 0 aliphatic rings. The minimum atomic E-state index is -0.423. The highest BCUT2D eigenvalue weighted by atomic mass is 32.1. The van der Waals surface area contributed by atoms with Crippen LogP contribution >= 0.6 is 11.3 Å². The Labute approximate surface area is 107 Å². The summed E-state index contributed by atoms with van der Waals surface area (Å²) in [6, 6.07) is 0. The van der Waals surface area contributed by atoms with Gasteiger partial charge in [-0.05, 0) is 6.92 Å². The standard InChI is InChI=1S/C10H13N5O2S/c1-6-5-18-10(13-6)2-8-14-9(17-15-8)4-12-3-7(11)16/h5,12H,2-4H2,1H3,(H2,11,16). The van der Waals surface area contributed by atoms with Crippen molar-refractivity contribution in [3.05, 3.63) is 27.8 Å². The van der Waals surface area contributed by atoms with Crippen LogP contribution < -0.4 is 11.1 Å². The number of hydrogen-bond acceptors (Lipinski definition) is 7. The van der Waals surface area contributed by atoms with Crippen LogP contribution in [-0.2, 0) is 17.8 Å². The van der Waals surface area contributed by atoms with Gasteiger partial charge in [0.15, 0.2) is 5.82 Å². The lowest BCUT2D eigenvalue weighted by Crippen LogP contribution is -2.28. The summed E-state index contributed by atoms with van der Waals surface area (Å²) in [4.78, 5) is 19.0. The fourth-order valence-electron chi connectivity index (χ4n) is 1.35. The molecule has 0 saturated heterocycles. The van der Waals surface area contributed by atoms with E-state index in [1.165, 1.54) is 0 Å². The first-order valence-electron chi connectivity index (χ1n) is 5.35.